The van der Waals surface area contributed by atoms with Crippen molar-refractivity contribution in [3.63, 3.8) is 0 Å². The molecule has 7 heteroatoms. The summed E-state index contributed by atoms with van der Waals surface area (Å²) in [6.07, 6.45) is 1.56. The highest BCUT2D eigenvalue weighted by Gasteiger charge is 2.35. The summed E-state index contributed by atoms with van der Waals surface area (Å²) in [4.78, 5) is 25.6. The van der Waals surface area contributed by atoms with Gasteiger partial charge < -0.3 is 10.4 Å². The molecule has 1 aromatic heterocycles. The minimum Gasteiger partial charge on any atom is -0.502 e. The van der Waals surface area contributed by atoms with Crippen LogP contribution in [-0.2, 0) is 5.75 Å². The third-order valence-corrected chi connectivity index (χ3v) is 6.69. The van der Waals surface area contributed by atoms with Crippen molar-refractivity contribution >= 4 is 17.7 Å². The molecule has 2 N–H and O–H groups in total. The number of nitrogens with zero attached hydrogens (tertiary/aromatic N) is 2. The van der Waals surface area contributed by atoms with Crippen molar-refractivity contribution in [2.75, 3.05) is 11.7 Å². The van der Waals surface area contributed by atoms with Crippen molar-refractivity contribution in [1.82, 2.24) is 9.99 Å². The van der Waals surface area contributed by atoms with Gasteiger partial charge in [-0.2, -0.15) is 0 Å². The fourth-order valence-electron chi connectivity index (χ4n) is 4.13. The minimum atomic E-state index is -0.568. The standard InChI is InChI=1S/C22H19N3O3S/c1-13-5-4-7-14-16(13)11-29-18-8-3-2-6-15(18)19(14)25-12-23-22(28)20-21(27)17(26)9-10-24(20)25/h2-10,19,27H,11-12H2,1H3,(H,23,28). The second-order valence-electron chi connectivity index (χ2n) is 7.20. The zero-order valence-electron chi connectivity index (χ0n) is 15.8. The van der Waals surface area contributed by atoms with Crippen LogP contribution in [0.15, 0.2) is 64.4 Å². The van der Waals surface area contributed by atoms with Crippen LogP contribution in [0.1, 0.15) is 38.8 Å². The van der Waals surface area contributed by atoms with Gasteiger partial charge in [0, 0.05) is 22.9 Å². The number of hydrogen-bond donors (Lipinski definition) is 2. The molecule has 3 aromatic rings. The fraction of sp³-hybridized carbons (Fsp3) is 0.182. The lowest BCUT2D eigenvalue weighted by molar-refractivity contribution is 0.0915. The minimum absolute atomic E-state index is 0.0349. The van der Waals surface area contributed by atoms with Crippen molar-refractivity contribution in [3.05, 3.63) is 92.9 Å². The highest BCUT2D eigenvalue weighted by atomic mass is 32.2. The number of amides is 1. The van der Waals surface area contributed by atoms with E-state index in [1.807, 2.05) is 23.2 Å². The SMILES string of the molecule is Cc1cccc2c1CSc1ccccc1C2N1CNC(=O)c2c(O)c(=O)ccn21. The van der Waals surface area contributed by atoms with Gasteiger partial charge >= 0.3 is 0 Å². The van der Waals surface area contributed by atoms with E-state index in [1.54, 1.807) is 22.6 Å². The summed E-state index contributed by atoms with van der Waals surface area (Å²) in [5.74, 6) is -0.134. The largest absolute Gasteiger partial charge is 0.502 e. The van der Waals surface area contributed by atoms with Crippen LogP contribution < -0.4 is 15.8 Å². The smallest absolute Gasteiger partial charge is 0.275 e. The van der Waals surface area contributed by atoms with Crippen molar-refractivity contribution < 1.29 is 9.90 Å². The number of pyridine rings is 1. The van der Waals surface area contributed by atoms with E-state index >= 15 is 0 Å². The molecule has 3 heterocycles. The zero-order valence-corrected chi connectivity index (χ0v) is 16.6. The van der Waals surface area contributed by atoms with Crippen LogP contribution in [0.3, 0.4) is 0 Å². The molecule has 6 nitrogen and oxygen atoms in total. The number of aromatic hydroxyl groups is 1. The third kappa shape index (κ3) is 2.73. The van der Waals surface area contributed by atoms with Crippen LogP contribution in [0.25, 0.3) is 0 Å². The molecule has 2 aliphatic heterocycles. The van der Waals surface area contributed by atoms with Gasteiger partial charge in [-0.25, -0.2) is 0 Å². The Morgan fingerprint density at radius 2 is 1.86 bits per heavy atom. The highest BCUT2D eigenvalue weighted by Crippen LogP contribution is 2.43. The average Bonchev–Trinajstić information content (AvgIpc) is 2.89. The van der Waals surface area contributed by atoms with E-state index in [2.05, 4.69) is 36.5 Å². The van der Waals surface area contributed by atoms with Crippen molar-refractivity contribution in [1.29, 1.82) is 0 Å². The summed E-state index contributed by atoms with van der Waals surface area (Å²) in [5.41, 5.74) is 4.16. The summed E-state index contributed by atoms with van der Waals surface area (Å²) in [7, 11) is 0. The summed E-state index contributed by atoms with van der Waals surface area (Å²) < 4.78 is 1.61. The Morgan fingerprint density at radius 1 is 1.07 bits per heavy atom. The van der Waals surface area contributed by atoms with Crippen molar-refractivity contribution in [2.45, 2.75) is 23.6 Å². The average molecular weight is 405 g/mol. The topological polar surface area (TPSA) is 74.6 Å². The molecule has 1 amide bonds. The van der Waals surface area contributed by atoms with E-state index in [1.165, 1.54) is 22.1 Å². The van der Waals surface area contributed by atoms with Crippen LogP contribution in [0, 0.1) is 6.92 Å². The lowest BCUT2D eigenvalue weighted by Gasteiger charge is -2.40. The first-order valence-electron chi connectivity index (χ1n) is 9.36. The van der Waals surface area contributed by atoms with Gasteiger partial charge in [0.2, 0.25) is 5.43 Å². The first kappa shape index (κ1) is 17.9. The number of hydrogen-bond acceptors (Lipinski definition) is 5. The molecular formula is C22H19N3O3S. The lowest BCUT2D eigenvalue weighted by Crippen LogP contribution is -2.53. The lowest BCUT2D eigenvalue weighted by atomic mass is 9.92. The summed E-state index contributed by atoms with van der Waals surface area (Å²) in [5, 5.41) is 15.1. The number of carbonyl (C=O) groups excluding carboxylic acids is 1. The number of rotatable bonds is 1. The normalized spacial score (nSPS) is 17.6. The fourth-order valence-corrected chi connectivity index (χ4v) is 5.34. The zero-order chi connectivity index (χ0) is 20.1. The summed E-state index contributed by atoms with van der Waals surface area (Å²) in [6, 6.07) is 15.6. The number of aromatic nitrogens is 1. The Hall–Kier alpha value is -3.19. The first-order valence-corrected chi connectivity index (χ1v) is 10.3. The molecule has 0 saturated heterocycles. The molecule has 0 fully saturated rings. The van der Waals surface area contributed by atoms with Gasteiger partial charge in [0.05, 0.1) is 6.04 Å². The van der Waals surface area contributed by atoms with Gasteiger partial charge in [0.1, 0.15) is 6.67 Å². The van der Waals surface area contributed by atoms with Gasteiger partial charge in [0.15, 0.2) is 11.4 Å². The molecule has 0 bridgehead atoms. The van der Waals surface area contributed by atoms with E-state index in [4.69, 9.17) is 0 Å². The van der Waals surface area contributed by atoms with E-state index in [-0.39, 0.29) is 18.4 Å². The number of fused-ring (bicyclic) bond motifs is 3. The summed E-state index contributed by atoms with van der Waals surface area (Å²) >= 11 is 1.80. The number of aryl methyl sites for hydroxylation is 1. The van der Waals surface area contributed by atoms with E-state index < -0.39 is 17.1 Å². The Balaban J connectivity index is 1.78. The van der Waals surface area contributed by atoms with Gasteiger partial charge in [-0.1, -0.05) is 36.4 Å². The molecule has 146 valence electrons. The maximum atomic E-state index is 12.4. The van der Waals surface area contributed by atoms with E-state index in [0.717, 1.165) is 16.9 Å². The Labute approximate surface area is 171 Å². The molecule has 1 atom stereocenters. The Morgan fingerprint density at radius 3 is 2.72 bits per heavy atom. The molecule has 2 aliphatic rings. The highest BCUT2D eigenvalue weighted by molar-refractivity contribution is 7.98. The predicted molar refractivity (Wildman–Crippen MR) is 112 cm³/mol. The molecule has 0 radical (unpaired) electrons. The third-order valence-electron chi connectivity index (χ3n) is 5.57. The van der Waals surface area contributed by atoms with E-state index in [9.17, 15) is 14.7 Å². The monoisotopic (exact) mass is 405 g/mol. The molecular weight excluding hydrogens is 386 g/mol. The quantitative estimate of drug-likeness (QED) is 0.651. The number of nitrogens with one attached hydrogen (secondary N) is 1. The van der Waals surface area contributed by atoms with Gasteiger partial charge in [-0.3, -0.25) is 19.3 Å². The van der Waals surface area contributed by atoms with Crippen LogP contribution >= 0.6 is 11.8 Å². The molecule has 0 spiro atoms. The molecule has 0 saturated carbocycles. The molecule has 0 aliphatic carbocycles. The van der Waals surface area contributed by atoms with Crippen molar-refractivity contribution in [3.8, 4) is 5.75 Å². The number of carbonyl (C=O) groups is 1. The second kappa shape index (κ2) is 6.70. The summed E-state index contributed by atoms with van der Waals surface area (Å²) in [6.45, 7) is 2.37. The van der Waals surface area contributed by atoms with Crippen LogP contribution in [0.5, 0.6) is 5.75 Å². The number of benzene rings is 2. The molecule has 1 unspecified atom stereocenters. The first-order chi connectivity index (χ1) is 14.1. The maximum Gasteiger partial charge on any atom is 0.275 e. The second-order valence-corrected chi connectivity index (χ2v) is 8.21. The van der Waals surface area contributed by atoms with E-state index in [0.29, 0.717) is 0 Å². The predicted octanol–water partition coefficient (Wildman–Crippen LogP) is 2.90. The van der Waals surface area contributed by atoms with Crippen LogP contribution in [0.2, 0.25) is 0 Å². The van der Waals surface area contributed by atoms with Gasteiger partial charge in [-0.05, 0) is 35.2 Å². The van der Waals surface area contributed by atoms with Gasteiger partial charge in [0.25, 0.3) is 5.91 Å². The Kier molecular flexibility index (Phi) is 4.13. The molecule has 29 heavy (non-hydrogen) atoms. The molecule has 2 aromatic carbocycles. The van der Waals surface area contributed by atoms with Crippen molar-refractivity contribution in [2.24, 2.45) is 0 Å². The Bertz CT molecular complexity index is 1200. The van der Waals surface area contributed by atoms with Gasteiger partial charge in [-0.15, -0.1) is 11.8 Å². The number of thioether (sulfide) groups is 1. The molecule has 5 rings (SSSR count). The van der Waals surface area contributed by atoms with Crippen LogP contribution in [0.4, 0.5) is 0 Å². The maximum absolute atomic E-state index is 12.4. The van der Waals surface area contributed by atoms with Crippen LogP contribution in [-0.4, -0.2) is 22.4 Å².